The zero-order valence-corrected chi connectivity index (χ0v) is 13.3. The molecule has 1 heterocycles. The second-order valence-electron chi connectivity index (χ2n) is 5.14. The third kappa shape index (κ3) is 3.88. The van der Waals surface area contributed by atoms with E-state index in [-0.39, 0.29) is 6.10 Å². The monoisotopic (exact) mass is 297 g/mol. The van der Waals surface area contributed by atoms with Gasteiger partial charge in [0.15, 0.2) is 0 Å². The molecule has 2 atom stereocenters. The fourth-order valence-corrected chi connectivity index (χ4v) is 3.27. The van der Waals surface area contributed by atoms with Crippen LogP contribution in [0.5, 0.6) is 6.01 Å². The number of ether oxygens (including phenoxy) is 1. The van der Waals surface area contributed by atoms with Crippen molar-refractivity contribution in [2.24, 2.45) is 0 Å². The Balaban J connectivity index is 2.13. The summed E-state index contributed by atoms with van der Waals surface area (Å²) in [5.74, 6) is 1.11. The molecule has 1 fully saturated rings. The van der Waals surface area contributed by atoms with Gasteiger partial charge in [-0.1, -0.05) is 6.42 Å². The van der Waals surface area contributed by atoms with Gasteiger partial charge in [-0.2, -0.15) is 26.7 Å². The molecule has 1 aromatic rings. The molecule has 112 valence electrons. The summed E-state index contributed by atoms with van der Waals surface area (Å²) in [5, 5.41) is 7.00. The van der Waals surface area contributed by atoms with Gasteiger partial charge in [0.25, 0.3) is 0 Å². The molecule has 1 aliphatic carbocycles. The van der Waals surface area contributed by atoms with Crippen molar-refractivity contribution in [1.29, 1.82) is 0 Å². The summed E-state index contributed by atoms with van der Waals surface area (Å²) in [7, 11) is 1.79. The molecule has 7 heteroatoms. The average molecular weight is 297 g/mol. The average Bonchev–Trinajstić information content (AvgIpc) is 2.84. The van der Waals surface area contributed by atoms with Gasteiger partial charge in [-0.25, -0.2) is 0 Å². The molecular weight excluding hydrogens is 274 g/mol. The molecule has 0 amide bonds. The normalized spacial score (nSPS) is 22.1. The van der Waals surface area contributed by atoms with Crippen molar-refractivity contribution in [3.8, 4) is 6.01 Å². The number of aromatic nitrogens is 3. The maximum Gasteiger partial charge on any atom is 0.323 e. The molecular formula is C13H23N5OS. The molecule has 20 heavy (non-hydrogen) atoms. The lowest BCUT2D eigenvalue weighted by Crippen LogP contribution is -2.27. The highest BCUT2D eigenvalue weighted by atomic mass is 32.2. The molecule has 2 N–H and O–H groups in total. The quantitative estimate of drug-likeness (QED) is 0.835. The third-order valence-electron chi connectivity index (χ3n) is 3.25. The van der Waals surface area contributed by atoms with E-state index in [0.29, 0.717) is 29.2 Å². The second-order valence-corrected chi connectivity index (χ2v) is 6.21. The van der Waals surface area contributed by atoms with Crippen LogP contribution in [0, 0.1) is 0 Å². The zero-order chi connectivity index (χ0) is 14.5. The summed E-state index contributed by atoms with van der Waals surface area (Å²) in [6, 6.07) is 0.782. The highest BCUT2D eigenvalue weighted by Gasteiger charge is 2.27. The van der Waals surface area contributed by atoms with Gasteiger partial charge in [-0.3, -0.25) is 0 Å². The van der Waals surface area contributed by atoms with E-state index in [1.54, 1.807) is 7.05 Å². The van der Waals surface area contributed by atoms with E-state index >= 15 is 0 Å². The molecule has 1 aliphatic rings. The Labute approximate surface area is 124 Å². The summed E-state index contributed by atoms with van der Waals surface area (Å²) in [5.41, 5.74) is 0. The zero-order valence-electron chi connectivity index (χ0n) is 12.5. The Morgan fingerprint density at radius 3 is 2.60 bits per heavy atom. The Morgan fingerprint density at radius 2 is 1.95 bits per heavy atom. The summed E-state index contributed by atoms with van der Waals surface area (Å²) in [4.78, 5) is 12.9. The van der Waals surface area contributed by atoms with Gasteiger partial charge in [0.2, 0.25) is 11.9 Å². The van der Waals surface area contributed by atoms with Crippen LogP contribution in [0.25, 0.3) is 0 Å². The number of nitrogens with one attached hydrogen (secondary N) is 2. The topological polar surface area (TPSA) is 72.0 Å². The van der Waals surface area contributed by atoms with E-state index in [2.05, 4.69) is 31.8 Å². The molecule has 1 aromatic heterocycles. The van der Waals surface area contributed by atoms with Crippen LogP contribution in [-0.4, -0.2) is 45.7 Å². The predicted octanol–water partition coefficient (Wildman–Crippen LogP) is 2.40. The number of rotatable bonds is 6. The van der Waals surface area contributed by atoms with Crippen molar-refractivity contribution in [3.05, 3.63) is 0 Å². The molecule has 2 rings (SSSR count). The summed E-state index contributed by atoms with van der Waals surface area (Å²) in [6.07, 6.45) is 5.86. The van der Waals surface area contributed by atoms with Gasteiger partial charge in [0, 0.05) is 18.3 Å². The van der Waals surface area contributed by atoms with E-state index in [4.69, 9.17) is 4.74 Å². The van der Waals surface area contributed by atoms with Crippen molar-refractivity contribution in [2.45, 2.75) is 50.5 Å². The largest absolute Gasteiger partial charge is 0.461 e. The smallest absolute Gasteiger partial charge is 0.323 e. The summed E-state index contributed by atoms with van der Waals surface area (Å²) in [6.45, 7) is 3.91. The number of thioether (sulfide) groups is 1. The fourth-order valence-electron chi connectivity index (χ4n) is 2.34. The lowest BCUT2D eigenvalue weighted by molar-refractivity contribution is 0.222. The minimum absolute atomic E-state index is 0.0420. The van der Waals surface area contributed by atoms with Gasteiger partial charge >= 0.3 is 6.01 Å². The maximum atomic E-state index is 5.57. The van der Waals surface area contributed by atoms with Crippen molar-refractivity contribution < 1.29 is 4.74 Å². The number of hydrogen-bond acceptors (Lipinski definition) is 7. The van der Waals surface area contributed by atoms with Crippen molar-refractivity contribution in [3.63, 3.8) is 0 Å². The first-order chi connectivity index (χ1) is 9.62. The fraction of sp³-hybridized carbons (Fsp3) is 0.769. The predicted molar refractivity (Wildman–Crippen MR) is 83.7 cm³/mol. The molecule has 2 unspecified atom stereocenters. The Morgan fingerprint density at radius 1 is 1.20 bits per heavy atom. The van der Waals surface area contributed by atoms with Gasteiger partial charge in [-0.05, 0) is 32.9 Å². The molecule has 0 aliphatic heterocycles. The molecule has 0 aromatic carbocycles. The van der Waals surface area contributed by atoms with Crippen molar-refractivity contribution in [1.82, 2.24) is 15.0 Å². The molecule has 0 saturated heterocycles. The van der Waals surface area contributed by atoms with Gasteiger partial charge in [0.1, 0.15) is 0 Å². The Hall–Kier alpha value is -1.24. The first-order valence-corrected chi connectivity index (χ1v) is 8.31. The highest BCUT2D eigenvalue weighted by molar-refractivity contribution is 7.99. The van der Waals surface area contributed by atoms with Crippen LogP contribution in [0.3, 0.4) is 0 Å². The first-order valence-electron chi connectivity index (χ1n) is 7.02. The maximum absolute atomic E-state index is 5.57. The van der Waals surface area contributed by atoms with E-state index in [1.165, 1.54) is 12.8 Å². The number of anilines is 2. The molecule has 0 radical (unpaired) electrons. The number of nitrogens with zero attached hydrogens (tertiary/aromatic N) is 3. The van der Waals surface area contributed by atoms with Crippen LogP contribution in [0.4, 0.5) is 11.9 Å². The Kier molecular flexibility index (Phi) is 5.28. The standard InChI is InChI=1S/C13H23N5OS/c1-8(2)19-13-17-11(14-3)16-12(18-13)15-9-6-5-7-10(9)20-4/h8-10H,5-7H2,1-4H3,(H2,14,15,16,17,18). The molecule has 6 nitrogen and oxygen atoms in total. The van der Waals surface area contributed by atoms with Crippen LogP contribution in [0.15, 0.2) is 0 Å². The van der Waals surface area contributed by atoms with E-state index < -0.39 is 0 Å². The van der Waals surface area contributed by atoms with Gasteiger partial charge < -0.3 is 15.4 Å². The number of hydrogen-bond donors (Lipinski definition) is 2. The van der Waals surface area contributed by atoms with Crippen LogP contribution < -0.4 is 15.4 Å². The highest BCUT2D eigenvalue weighted by Crippen LogP contribution is 2.30. The van der Waals surface area contributed by atoms with Gasteiger partial charge in [0.05, 0.1) is 6.10 Å². The second kappa shape index (κ2) is 6.97. The van der Waals surface area contributed by atoms with Gasteiger partial charge in [-0.15, -0.1) is 0 Å². The van der Waals surface area contributed by atoms with E-state index in [0.717, 1.165) is 6.42 Å². The van der Waals surface area contributed by atoms with Crippen LogP contribution in [-0.2, 0) is 0 Å². The summed E-state index contributed by atoms with van der Waals surface area (Å²) < 4.78 is 5.57. The lowest BCUT2D eigenvalue weighted by atomic mass is 10.2. The third-order valence-corrected chi connectivity index (χ3v) is 4.42. The molecule has 1 saturated carbocycles. The SMILES string of the molecule is CNc1nc(NC2CCCC2SC)nc(OC(C)C)n1. The minimum Gasteiger partial charge on any atom is -0.461 e. The molecule has 0 bridgehead atoms. The molecule has 0 spiro atoms. The van der Waals surface area contributed by atoms with Crippen LogP contribution >= 0.6 is 11.8 Å². The lowest BCUT2D eigenvalue weighted by Gasteiger charge is -2.19. The van der Waals surface area contributed by atoms with E-state index in [9.17, 15) is 0 Å². The summed E-state index contributed by atoms with van der Waals surface area (Å²) >= 11 is 1.90. The Bertz CT molecular complexity index is 443. The first kappa shape index (κ1) is 15.2. The van der Waals surface area contributed by atoms with Crippen molar-refractivity contribution >= 4 is 23.7 Å². The van der Waals surface area contributed by atoms with Crippen LogP contribution in [0.2, 0.25) is 0 Å². The van der Waals surface area contributed by atoms with E-state index in [1.807, 2.05) is 25.6 Å². The van der Waals surface area contributed by atoms with Crippen LogP contribution in [0.1, 0.15) is 33.1 Å². The minimum atomic E-state index is 0.0420. The van der Waals surface area contributed by atoms with Crippen molar-refractivity contribution in [2.75, 3.05) is 23.9 Å².